The first kappa shape index (κ1) is 12.0. The quantitative estimate of drug-likeness (QED) is 0.444. The molecule has 0 aliphatic heterocycles. The summed E-state index contributed by atoms with van der Waals surface area (Å²) in [4.78, 5) is 21.9. The van der Waals surface area contributed by atoms with Gasteiger partial charge in [0, 0.05) is 18.6 Å². The van der Waals surface area contributed by atoms with Gasteiger partial charge in [-0.05, 0) is 19.1 Å². The lowest BCUT2D eigenvalue weighted by molar-refractivity contribution is -0.132. The minimum absolute atomic E-state index is 0.304. The van der Waals surface area contributed by atoms with Gasteiger partial charge in [0.25, 0.3) is 0 Å². The summed E-state index contributed by atoms with van der Waals surface area (Å²) < 4.78 is 9.81. The molecule has 0 spiro atoms. The molecular formula is C12H12O4. The third-order valence-corrected chi connectivity index (χ3v) is 1.63. The normalized spacial score (nSPS) is 9.38. The van der Waals surface area contributed by atoms with E-state index in [0.29, 0.717) is 17.1 Å². The van der Waals surface area contributed by atoms with Gasteiger partial charge >= 0.3 is 11.9 Å². The van der Waals surface area contributed by atoms with E-state index in [1.165, 1.54) is 13.0 Å². The van der Waals surface area contributed by atoms with Crippen molar-refractivity contribution in [2.75, 3.05) is 0 Å². The summed E-state index contributed by atoms with van der Waals surface area (Å²) in [5.74, 6) is -0.297. The average molecular weight is 220 g/mol. The fourth-order valence-corrected chi connectivity index (χ4v) is 0.961. The van der Waals surface area contributed by atoms with Crippen LogP contribution in [-0.4, -0.2) is 11.9 Å². The molecule has 0 atom stereocenters. The Balaban J connectivity index is 2.78. The maximum atomic E-state index is 11.2. The van der Waals surface area contributed by atoms with Crippen LogP contribution in [0.25, 0.3) is 0 Å². The van der Waals surface area contributed by atoms with Crippen LogP contribution in [-0.2, 0) is 9.59 Å². The van der Waals surface area contributed by atoms with Crippen molar-refractivity contribution in [1.82, 2.24) is 0 Å². The average Bonchev–Trinajstić information content (AvgIpc) is 2.16. The van der Waals surface area contributed by atoms with E-state index in [-0.39, 0.29) is 0 Å². The molecule has 0 unspecified atom stereocenters. The highest BCUT2D eigenvalue weighted by Gasteiger charge is 2.06. The molecule has 1 aromatic rings. The Hall–Kier alpha value is -2.10. The Morgan fingerprint density at radius 2 is 1.69 bits per heavy atom. The highest BCUT2D eigenvalue weighted by atomic mass is 16.5. The van der Waals surface area contributed by atoms with Crippen LogP contribution >= 0.6 is 0 Å². The fraction of sp³-hybridized carbons (Fsp3) is 0.167. The molecular weight excluding hydrogens is 208 g/mol. The maximum Gasteiger partial charge on any atom is 0.338 e. The van der Waals surface area contributed by atoms with Crippen LogP contribution in [0, 0.1) is 0 Å². The zero-order chi connectivity index (χ0) is 12.1. The summed E-state index contributed by atoms with van der Waals surface area (Å²) in [5.41, 5.74) is 0.304. The van der Waals surface area contributed by atoms with E-state index in [4.69, 9.17) is 9.47 Å². The molecule has 0 aromatic heterocycles. The van der Waals surface area contributed by atoms with Gasteiger partial charge < -0.3 is 9.47 Å². The SMILES string of the molecule is C=C(C)C(=O)Oc1cccc(OC(C)=O)c1. The standard InChI is InChI=1S/C12H12O4/c1-8(2)12(14)16-11-6-4-5-10(7-11)15-9(3)13/h4-7H,1H2,2-3H3. The number of carbonyl (C=O) groups excluding carboxylic acids is 2. The van der Waals surface area contributed by atoms with E-state index in [0.717, 1.165) is 0 Å². The lowest BCUT2D eigenvalue weighted by Gasteiger charge is -2.05. The van der Waals surface area contributed by atoms with Crippen LogP contribution in [0.5, 0.6) is 11.5 Å². The van der Waals surface area contributed by atoms with Gasteiger partial charge in [-0.15, -0.1) is 0 Å². The van der Waals surface area contributed by atoms with Gasteiger partial charge in [0.05, 0.1) is 0 Å². The Labute approximate surface area is 93.5 Å². The molecule has 0 aliphatic carbocycles. The topological polar surface area (TPSA) is 52.6 Å². The van der Waals surface area contributed by atoms with Crippen LogP contribution in [0.2, 0.25) is 0 Å². The van der Waals surface area contributed by atoms with Gasteiger partial charge in [0.2, 0.25) is 0 Å². The summed E-state index contributed by atoms with van der Waals surface area (Å²) in [6.45, 7) is 6.31. The Kier molecular flexibility index (Phi) is 3.83. The molecule has 0 fully saturated rings. The van der Waals surface area contributed by atoms with Crippen LogP contribution in [0.15, 0.2) is 36.4 Å². The molecule has 0 aliphatic rings. The minimum Gasteiger partial charge on any atom is -0.427 e. The lowest BCUT2D eigenvalue weighted by atomic mass is 10.3. The monoisotopic (exact) mass is 220 g/mol. The minimum atomic E-state index is -0.514. The van der Waals surface area contributed by atoms with Crippen LogP contribution in [0.1, 0.15) is 13.8 Å². The second-order valence-electron chi connectivity index (χ2n) is 3.24. The Morgan fingerprint density at radius 1 is 1.12 bits per heavy atom. The second kappa shape index (κ2) is 5.11. The maximum absolute atomic E-state index is 11.2. The van der Waals surface area contributed by atoms with Crippen molar-refractivity contribution in [3.8, 4) is 11.5 Å². The van der Waals surface area contributed by atoms with Gasteiger partial charge in [0.15, 0.2) is 0 Å². The van der Waals surface area contributed by atoms with Gasteiger partial charge in [-0.2, -0.15) is 0 Å². The van der Waals surface area contributed by atoms with Crippen LogP contribution in [0.4, 0.5) is 0 Å². The predicted molar refractivity (Wildman–Crippen MR) is 58.2 cm³/mol. The Bertz CT molecular complexity index is 434. The zero-order valence-electron chi connectivity index (χ0n) is 9.15. The van der Waals surface area contributed by atoms with E-state index >= 15 is 0 Å². The van der Waals surface area contributed by atoms with Crippen LogP contribution in [0.3, 0.4) is 0 Å². The summed E-state index contributed by atoms with van der Waals surface area (Å²) in [7, 11) is 0. The third kappa shape index (κ3) is 3.57. The molecule has 0 amide bonds. The molecule has 0 radical (unpaired) electrons. The van der Waals surface area contributed by atoms with Crippen molar-refractivity contribution in [3.05, 3.63) is 36.4 Å². The number of rotatable bonds is 3. The first-order valence-electron chi connectivity index (χ1n) is 4.65. The summed E-state index contributed by atoms with van der Waals surface area (Å²) in [5, 5.41) is 0. The predicted octanol–water partition coefficient (Wildman–Crippen LogP) is 2.09. The molecule has 1 aromatic carbocycles. The molecule has 0 heterocycles. The van der Waals surface area contributed by atoms with Gasteiger partial charge in [0.1, 0.15) is 11.5 Å². The highest BCUT2D eigenvalue weighted by molar-refractivity contribution is 5.88. The van der Waals surface area contributed by atoms with Gasteiger partial charge in [-0.25, -0.2) is 4.79 Å². The lowest BCUT2D eigenvalue weighted by Crippen LogP contribution is -2.08. The Morgan fingerprint density at radius 3 is 2.19 bits per heavy atom. The number of hydrogen-bond acceptors (Lipinski definition) is 4. The third-order valence-electron chi connectivity index (χ3n) is 1.63. The van der Waals surface area contributed by atoms with Crippen molar-refractivity contribution in [2.45, 2.75) is 13.8 Å². The molecule has 1 rings (SSSR count). The van der Waals surface area contributed by atoms with Crippen molar-refractivity contribution >= 4 is 11.9 Å². The van der Waals surface area contributed by atoms with Crippen molar-refractivity contribution in [1.29, 1.82) is 0 Å². The van der Waals surface area contributed by atoms with E-state index in [1.54, 1.807) is 25.1 Å². The van der Waals surface area contributed by atoms with E-state index in [2.05, 4.69) is 6.58 Å². The summed E-state index contributed by atoms with van der Waals surface area (Å²) in [6, 6.07) is 6.27. The molecule has 4 heteroatoms. The molecule has 0 saturated heterocycles. The molecule has 4 nitrogen and oxygen atoms in total. The highest BCUT2D eigenvalue weighted by Crippen LogP contribution is 2.20. The van der Waals surface area contributed by atoms with Crippen molar-refractivity contribution < 1.29 is 19.1 Å². The van der Waals surface area contributed by atoms with Crippen molar-refractivity contribution in [3.63, 3.8) is 0 Å². The van der Waals surface area contributed by atoms with Gasteiger partial charge in [-0.1, -0.05) is 12.6 Å². The molecule has 0 N–H and O–H groups in total. The van der Waals surface area contributed by atoms with Gasteiger partial charge in [-0.3, -0.25) is 4.79 Å². The van der Waals surface area contributed by atoms with E-state index in [9.17, 15) is 9.59 Å². The number of hydrogen-bond donors (Lipinski definition) is 0. The fourth-order valence-electron chi connectivity index (χ4n) is 0.961. The largest absolute Gasteiger partial charge is 0.427 e. The number of benzene rings is 1. The van der Waals surface area contributed by atoms with Crippen LogP contribution < -0.4 is 9.47 Å². The smallest absolute Gasteiger partial charge is 0.338 e. The molecule has 0 saturated carbocycles. The number of esters is 2. The van der Waals surface area contributed by atoms with E-state index in [1.807, 2.05) is 0 Å². The van der Waals surface area contributed by atoms with Crippen molar-refractivity contribution in [2.24, 2.45) is 0 Å². The number of carbonyl (C=O) groups is 2. The molecule has 16 heavy (non-hydrogen) atoms. The molecule has 0 bridgehead atoms. The zero-order valence-corrected chi connectivity index (χ0v) is 9.15. The summed E-state index contributed by atoms with van der Waals surface area (Å²) >= 11 is 0. The first-order valence-corrected chi connectivity index (χ1v) is 4.65. The molecule has 84 valence electrons. The number of ether oxygens (including phenoxy) is 2. The van der Waals surface area contributed by atoms with E-state index < -0.39 is 11.9 Å². The second-order valence-corrected chi connectivity index (χ2v) is 3.24. The first-order chi connectivity index (χ1) is 7.49. The summed E-state index contributed by atoms with van der Waals surface area (Å²) in [6.07, 6.45) is 0.